The van der Waals surface area contributed by atoms with Gasteiger partial charge in [-0.3, -0.25) is 9.59 Å². The van der Waals surface area contributed by atoms with E-state index in [9.17, 15) is 14.4 Å². The highest BCUT2D eigenvalue weighted by molar-refractivity contribution is 5.98. The molecule has 0 bridgehead atoms. The molecule has 3 rings (SSSR count). The number of aryl methyl sites for hydroxylation is 1. The molecule has 1 aromatic rings. The maximum atomic E-state index is 12.5. The number of hydrogen-bond acceptors (Lipinski definition) is 4. The van der Waals surface area contributed by atoms with Gasteiger partial charge in [-0.2, -0.15) is 0 Å². The van der Waals surface area contributed by atoms with Crippen LogP contribution in [0.2, 0.25) is 0 Å². The lowest BCUT2D eigenvalue weighted by Crippen LogP contribution is -2.48. The normalized spacial score (nSPS) is 21.0. The highest BCUT2D eigenvalue weighted by atomic mass is 16.5. The number of anilines is 1. The molecule has 0 unspecified atom stereocenters. The zero-order valence-electron chi connectivity index (χ0n) is 11.9. The number of morpholine rings is 1. The van der Waals surface area contributed by atoms with Crippen LogP contribution in [-0.2, 0) is 20.7 Å². The molecule has 0 saturated carbocycles. The molecule has 2 amide bonds. The fourth-order valence-electron chi connectivity index (χ4n) is 2.68. The van der Waals surface area contributed by atoms with E-state index in [-0.39, 0.29) is 25.0 Å². The summed E-state index contributed by atoms with van der Waals surface area (Å²) < 4.78 is 5.12. The van der Waals surface area contributed by atoms with Crippen LogP contribution in [0.4, 0.5) is 5.69 Å². The predicted molar refractivity (Wildman–Crippen MR) is 76.7 cm³/mol. The molecular weight excluding hydrogens is 288 g/mol. The first-order chi connectivity index (χ1) is 10.5. The molecule has 7 heteroatoms. The number of benzene rings is 1. The first-order valence-electron chi connectivity index (χ1n) is 7.11. The van der Waals surface area contributed by atoms with Gasteiger partial charge >= 0.3 is 5.97 Å². The van der Waals surface area contributed by atoms with Gasteiger partial charge in [-0.1, -0.05) is 0 Å². The minimum atomic E-state index is -1.06. The summed E-state index contributed by atoms with van der Waals surface area (Å²) in [6.45, 7) is 0.627. The molecule has 1 fully saturated rings. The lowest BCUT2D eigenvalue weighted by atomic mass is 10.00. The summed E-state index contributed by atoms with van der Waals surface area (Å²) in [5.41, 5.74) is 2.16. The van der Waals surface area contributed by atoms with Crippen molar-refractivity contribution >= 4 is 23.5 Å². The fraction of sp³-hybridized carbons (Fsp3) is 0.400. The van der Waals surface area contributed by atoms with Gasteiger partial charge in [0.25, 0.3) is 5.91 Å². The van der Waals surface area contributed by atoms with E-state index in [2.05, 4.69) is 5.32 Å². The monoisotopic (exact) mass is 304 g/mol. The Morgan fingerprint density at radius 2 is 2.14 bits per heavy atom. The Hall–Kier alpha value is -2.41. The SMILES string of the molecule is O=C1CCc2cc(C(=O)N3CCO[C@@H](C(=O)O)C3)ccc2N1. The van der Waals surface area contributed by atoms with Crippen LogP contribution in [0.3, 0.4) is 0 Å². The van der Waals surface area contributed by atoms with E-state index in [0.29, 0.717) is 24.9 Å². The molecule has 1 saturated heterocycles. The summed E-state index contributed by atoms with van der Waals surface area (Å²) in [6, 6.07) is 5.13. The van der Waals surface area contributed by atoms with Crippen LogP contribution in [0, 0.1) is 0 Å². The Morgan fingerprint density at radius 1 is 1.32 bits per heavy atom. The third-order valence-corrected chi connectivity index (χ3v) is 3.88. The van der Waals surface area contributed by atoms with E-state index in [1.165, 1.54) is 4.90 Å². The number of hydrogen-bond donors (Lipinski definition) is 2. The highest BCUT2D eigenvalue weighted by Crippen LogP contribution is 2.24. The van der Waals surface area contributed by atoms with Crippen LogP contribution in [0.15, 0.2) is 18.2 Å². The number of carboxylic acids is 1. The average molecular weight is 304 g/mol. The second-order valence-electron chi connectivity index (χ2n) is 5.37. The van der Waals surface area contributed by atoms with Crippen molar-refractivity contribution in [1.82, 2.24) is 4.90 Å². The second-order valence-corrected chi connectivity index (χ2v) is 5.37. The van der Waals surface area contributed by atoms with Gasteiger partial charge in [0.2, 0.25) is 5.91 Å². The van der Waals surface area contributed by atoms with Crippen molar-refractivity contribution in [2.75, 3.05) is 25.0 Å². The van der Waals surface area contributed by atoms with Crippen molar-refractivity contribution in [3.63, 3.8) is 0 Å². The fourth-order valence-corrected chi connectivity index (χ4v) is 2.68. The van der Waals surface area contributed by atoms with Crippen molar-refractivity contribution < 1.29 is 24.2 Å². The lowest BCUT2D eigenvalue weighted by Gasteiger charge is -2.31. The molecule has 2 heterocycles. The molecule has 0 aromatic heterocycles. The van der Waals surface area contributed by atoms with E-state index < -0.39 is 12.1 Å². The van der Waals surface area contributed by atoms with Gasteiger partial charge in [-0.25, -0.2) is 4.79 Å². The molecule has 116 valence electrons. The number of fused-ring (bicyclic) bond motifs is 1. The van der Waals surface area contributed by atoms with Crippen LogP contribution in [-0.4, -0.2) is 53.6 Å². The number of nitrogens with zero attached hydrogens (tertiary/aromatic N) is 1. The number of carboxylic acid groups (broad SMARTS) is 1. The first kappa shape index (κ1) is 14.5. The van der Waals surface area contributed by atoms with Gasteiger partial charge in [-0.15, -0.1) is 0 Å². The van der Waals surface area contributed by atoms with E-state index >= 15 is 0 Å². The van der Waals surface area contributed by atoms with E-state index in [1.807, 2.05) is 0 Å². The van der Waals surface area contributed by atoms with E-state index in [0.717, 1.165) is 11.3 Å². The Kier molecular flexibility index (Phi) is 3.81. The number of carbonyl (C=O) groups is 3. The third-order valence-electron chi connectivity index (χ3n) is 3.88. The zero-order chi connectivity index (χ0) is 15.7. The number of amides is 2. The largest absolute Gasteiger partial charge is 0.479 e. The van der Waals surface area contributed by atoms with Gasteiger partial charge in [0.15, 0.2) is 6.10 Å². The number of carbonyl (C=O) groups excluding carboxylic acids is 2. The van der Waals surface area contributed by atoms with Crippen molar-refractivity contribution in [2.45, 2.75) is 18.9 Å². The molecule has 7 nitrogen and oxygen atoms in total. The molecule has 1 atom stereocenters. The van der Waals surface area contributed by atoms with Crippen molar-refractivity contribution in [3.8, 4) is 0 Å². The summed E-state index contributed by atoms with van der Waals surface area (Å²) in [5.74, 6) is -1.30. The van der Waals surface area contributed by atoms with Crippen molar-refractivity contribution in [3.05, 3.63) is 29.3 Å². The topological polar surface area (TPSA) is 95.9 Å². The summed E-state index contributed by atoms with van der Waals surface area (Å²) in [6.07, 6.45) is 0.0292. The Bertz CT molecular complexity index is 643. The molecule has 0 aliphatic carbocycles. The Labute approximate surface area is 126 Å². The number of ether oxygens (including phenoxy) is 1. The predicted octanol–water partition coefficient (Wildman–Crippen LogP) is 0.497. The molecule has 1 aromatic carbocycles. The summed E-state index contributed by atoms with van der Waals surface area (Å²) in [7, 11) is 0. The minimum Gasteiger partial charge on any atom is -0.479 e. The molecule has 2 aliphatic rings. The zero-order valence-corrected chi connectivity index (χ0v) is 11.9. The lowest BCUT2D eigenvalue weighted by molar-refractivity contribution is -0.154. The highest BCUT2D eigenvalue weighted by Gasteiger charge is 2.29. The van der Waals surface area contributed by atoms with Crippen LogP contribution in [0.25, 0.3) is 0 Å². The smallest absolute Gasteiger partial charge is 0.334 e. The maximum Gasteiger partial charge on any atom is 0.334 e. The van der Waals surface area contributed by atoms with Gasteiger partial charge < -0.3 is 20.1 Å². The number of rotatable bonds is 2. The quantitative estimate of drug-likeness (QED) is 0.829. The Balaban J connectivity index is 1.77. The average Bonchev–Trinajstić information content (AvgIpc) is 2.53. The van der Waals surface area contributed by atoms with Crippen LogP contribution >= 0.6 is 0 Å². The van der Waals surface area contributed by atoms with Gasteiger partial charge in [0.05, 0.1) is 13.2 Å². The van der Waals surface area contributed by atoms with Crippen LogP contribution in [0.5, 0.6) is 0 Å². The van der Waals surface area contributed by atoms with Gasteiger partial charge in [-0.05, 0) is 30.2 Å². The van der Waals surface area contributed by atoms with E-state index in [4.69, 9.17) is 9.84 Å². The maximum absolute atomic E-state index is 12.5. The first-order valence-corrected chi connectivity index (χ1v) is 7.11. The molecule has 0 spiro atoms. The van der Waals surface area contributed by atoms with Crippen LogP contribution < -0.4 is 5.32 Å². The molecular formula is C15H16N2O5. The summed E-state index contributed by atoms with van der Waals surface area (Å²) in [5, 5.41) is 11.8. The van der Waals surface area contributed by atoms with Gasteiger partial charge in [0, 0.05) is 24.2 Å². The van der Waals surface area contributed by atoms with Crippen molar-refractivity contribution in [1.29, 1.82) is 0 Å². The summed E-state index contributed by atoms with van der Waals surface area (Å²) in [4.78, 5) is 36.3. The molecule has 0 radical (unpaired) electrons. The summed E-state index contributed by atoms with van der Waals surface area (Å²) >= 11 is 0. The molecule has 2 aliphatic heterocycles. The van der Waals surface area contributed by atoms with E-state index in [1.54, 1.807) is 18.2 Å². The molecule has 2 N–H and O–H groups in total. The minimum absolute atomic E-state index is 0.0240. The third kappa shape index (κ3) is 2.80. The van der Waals surface area contributed by atoms with Gasteiger partial charge in [0.1, 0.15) is 0 Å². The standard InChI is InChI=1S/C15H16N2O5/c18-13-4-2-9-7-10(1-3-11(9)16-13)14(19)17-5-6-22-12(8-17)15(20)21/h1,3,7,12H,2,4-6,8H2,(H,16,18)(H,20,21)/t12-/m1/s1. The second kappa shape index (κ2) is 5.76. The van der Waals surface area contributed by atoms with Crippen molar-refractivity contribution in [2.24, 2.45) is 0 Å². The van der Waals surface area contributed by atoms with Crippen LogP contribution in [0.1, 0.15) is 22.3 Å². The number of aliphatic carboxylic acids is 1. The Morgan fingerprint density at radius 3 is 2.91 bits per heavy atom. The molecule has 22 heavy (non-hydrogen) atoms. The number of nitrogens with one attached hydrogen (secondary N) is 1.